The average molecular weight is 364 g/mol. The van der Waals surface area contributed by atoms with Gasteiger partial charge in [-0.05, 0) is 42.7 Å². The maximum absolute atomic E-state index is 12.0. The molecule has 0 fully saturated rings. The molecule has 0 atom stereocenters. The molecule has 2 amide bonds. The van der Waals surface area contributed by atoms with Crippen LogP contribution in [0.2, 0.25) is 0 Å². The first-order valence-electron chi connectivity index (χ1n) is 6.58. The van der Waals surface area contributed by atoms with E-state index in [1.165, 1.54) is 36.5 Å². The van der Waals surface area contributed by atoms with Crippen LogP contribution in [-0.2, 0) is 0 Å². The van der Waals surface area contributed by atoms with Crippen molar-refractivity contribution in [1.82, 2.24) is 16.2 Å². The highest BCUT2D eigenvalue weighted by molar-refractivity contribution is 7.80. The van der Waals surface area contributed by atoms with Gasteiger partial charge in [0.15, 0.2) is 5.11 Å². The second kappa shape index (κ2) is 7.62. The van der Waals surface area contributed by atoms with Crippen molar-refractivity contribution in [2.24, 2.45) is 0 Å². The highest BCUT2D eigenvalue weighted by atomic mass is 32.1. The summed E-state index contributed by atoms with van der Waals surface area (Å²) in [5.74, 6) is -0.927. The molecule has 0 saturated carbocycles. The van der Waals surface area contributed by atoms with Crippen molar-refractivity contribution in [3.05, 3.63) is 61.8 Å². The lowest BCUT2D eigenvalue weighted by Crippen LogP contribution is -2.48. The first-order chi connectivity index (χ1) is 11.4. The molecule has 1 heterocycles. The predicted molar refractivity (Wildman–Crippen MR) is 92.8 cm³/mol. The lowest BCUT2D eigenvalue weighted by atomic mass is 10.1. The second-order valence-electron chi connectivity index (χ2n) is 4.60. The number of benzene rings is 1. The Morgan fingerprint density at radius 1 is 1.21 bits per heavy atom. The maximum atomic E-state index is 12.0. The summed E-state index contributed by atoms with van der Waals surface area (Å²) in [6.45, 7) is 1.53. The Morgan fingerprint density at radius 3 is 2.54 bits per heavy atom. The molecule has 0 spiro atoms. The third kappa shape index (κ3) is 4.33. The van der Waals surface area contributed by atoms with E-state index in [9.17, 15) is 19.7 Å². The Balaban J connectivity index is 1.92. The number of thiocarbonyl (C=S) groups is 1. The van der Waals surface area contributed by atoms with E-state index in [1.807, 2.05) is 0 Å². The highest BCUT2D eigenvalue weighted by Crippen LogP contribution is 2.18. The number of carbonyl (C=O) groups is 2. The summed E-state index contributed by atoms with van der Waals surface area (Å²) in [7, 11) is 0. The zero-order valence-corrected chi connectivity index (χ0v) is 14.0. The fourth-order valence-electron chi connectivity index (χ4n) is 1.79. The third-order valence-corrected chi connectivity index (χ3v) is 3.99. The zero-order chi connectivity index (χ0) is 17.7. The number of nitro groups is 1. The highest BCUT2D eigenvalue weighted by Gasteiger charge is 2.15. The van der Waals surface area contributed by atoms with Gasteiger partial charge < -0.3 is 0 Å². The van der Waals surface area contributed by atoms with Gasteiger partial charge in [0.25, 0.3) is 17.5 Å². The van der Waals surface area contributed by atoms with Crippen LogP contribution in [0, 0.1) is 17.0 Å². The van der Waals surface area contributed by atoms with Gasteiger partial charge in [-0.2, -0.15) is 0 Å². The third-order valence-electron chi connectivity index (χ3n) is 2.92. The van der Waals surface area contributed by atoms with E-state index in [2.05, 4.69) is 16.2 Å². The van der Waals surface area contributed by atoms with Crippen LogP contribution in [0.15, 0.2) is 35.7 Å². The van der Waals surface area contributed by atoms with Crippen molar-refractivity contribution in [3.8, 4) is 0 Å². The minimum absolute atomic E-state index is 0.0736. The van der Waals surface area contributed by atoms with Crippen LogP contribution >= 0.6 is 23.6 Å². The van der Waals surface area contributed by atoms with Crippen molar-refractivity contribution < 1.29 is 14.5 Å². The van der Waals surface area contributed by atoms with Crippen molar-refractivity contribution in [2.45, 2.75) is 6.92 Å². The minimum atomic E-state index is -0.545. The molecule has 3 N–H and O–H groups in total. The quantitative estimate of drug-likeness (QED) is 0.436. The number of nitro benzene ring substituents is 1. The van der Waals surface area contributed by atoms with Crippen LogP contribution in [-0.4, -0.2) is 21.9 Å². The summed E-state index contributed by atoms with van der Waals surface area (Å²) in [5.41, 5.74) is 5.27. The minimum Gasteiger partial charge on any atom is -0.298 e. The molecule has 124 valence electrons. The smallest absolute Gasteiger partial charge is 0.279 e. The van der Waals surface area contributed by atoms with E-state index < -0.39 is 10.8 Å². The summed E-state index contributed by atoms with van der Waals surface area (Å²) in [5, 5.41) is 14.8. The van der Waals surface area contributed by atoms with Gasteiger partial charge in [-0.25, -0.2) is 0 Å². The van der Waals surface area contributed by atoms with Gasteiger partial charge in [-0.1, -0.05) is 6.07 Å². The first-order valence-corrected chi connectivity index (χ1v) is 7.87. The Kier molecular flexibility index (Phi) is 5.55. The van der Waals surface area contributed by atoms with E-state index in [0.717, 1.165) is 0 Å². The summed E-state index contributed by atoms with van der Waals surface area (Å²) < 4.78 is 0. The molecule has 0 saturated heterocycles. The Bertz CT molecular complexity index is 805. The van der Waals surface area contributed by atoms with E-state index in [4.69, 9.17) is 12.2 Å². The fourth-order valence-corrected chi connectivity index (χ4v) is 2.55. The Hall–Kier alpha value is -2.85. The van der Waals surface area contributed by atoms with Gasteiger partial charge in [0.05, 0.1) is 9.80 Å². The van der Waals surface area contributed by atoms with E-state index in [-0.39, 0.29) is 22.3 Å². The number of hydrazine groups is 1. The Morgan fingerprint density at radius 2 is 1.96 bits per heavy atom. The lowest BCUT2D eigenvalue weighted by Gasteiger charge is -2.10. The molecule has 1 aromatic carbocycles. The molecular weight excluding hydrogens is 352 g/mol. The number of amides is 2. The number of aryl methyl sites for hydroxylation is 1. The van der Waals surface area contributed by atoms with E-state index in [0.29, 0.717) is 10.4 Å². The van der Waals surface area contributed by atoms with Crippen molar-refractivity contribution in [3.63, 3.8) is 0 Å². The van der Waals surface area contributed by atoms with Crippen LogP contribution in [0.25, 0.3) is 0 Å². The van der Waals surface area contributed by atoms with Crippen LogP contribution in [0.3, 0.4) is 0 Å². The van der Waals surface area contributed by atoms with Crippen LogP contribution in [0.1, 0.15) is 25.6 Å². The summed E-state index contributed by atoms with van der Waals surface area (Å²) in [6.07, 6.45) is 0. The molecule has 0 aliphatic heterocycles. The van der Waals surface area contributed by atoms with Gasteiger partial charge in [0, 0.05) is 17.2 Å². The van der Waals surface area contributed by atoms with Crippen LogP contribution in [0.4, 0.5) is 5.69 Å². The summed E-state index contributed by atoms with van der Waals surface area (Å²) >= 11 is 6.18. The Labute approximate surface area is 146 Å². The normalized spacial score (nSPS) is 9.88. The molecule has 1 aromatic heterocycles. The van der Waals surface area contributed by atoms with E-state index >= 15 is 0 Å². The SMILES string of the molecule is Cc1cc(C(=O)NC(=S)NNC(=O)c2cccs2)ccc1[N+](=O)[O-]. The fraction of sp³-hybridized carbons (Fsp3) is 0.0714. The maximum Gasteiger partial charge on any atom is 0.279 e. The van der Waals surface area contributed by atoms with Gasteiger partial charge in [-0.3, -0.25) is 35.9 Å². The van der Waals surface area contributed by atoms with Gasteiger partial charge in [0.2, 0.25) is 0 Å². The molecule has 0 aliphatic rings. The molecule has 2 rings (SSSR count). The molecular formula is C14H12N4O4S2. The van der Waals surface area contributed by atoms with Gasteiger partial charge >= 0.3 is 0 Å². The van der Waals surface area contributed by atoms with E-state index in [1.54, 1.807) is 17.5 Å². The molecule has 10 heteroatoms. The number of carbonyl (C=O) groups excluding carboxylic acids is 2. The van der Waals surface area contributed by atoms with Crippen molar-refractivity contribution in [2.75, 3.05) is 0 Å². The number of nitrogens with one attached hydrogen (secondary N) is 3. The monoisotopic (exact) mass is 364 g/mol. The molecule has 8 nitrogen and oxygen atoms in total. The average Bonchev–Trinajstić information content (AvgIpc) is 3.06. The number of thiophene rings is 1. The van der Waals surface area contributed by atoms with Gasteiger partial charge in [-0.15, -0.1) is 11.3 Å². The molecule has 0 aliphatic carbocycles. The summed E-state index contributed by atoms with van der Waals surface area (Å²) in [4.78, 5) is 34.5. The topological polar surface area (TPSA) is 113 Å². The molecule has 0 radical (unpaired) electrons. The molecule has 2 aromatic rings. The zero-order valence-electron chi connectivity index (χ0n) is 12.4. The van der Waals surface area contributed by atoms with Crippen LogP contribution < -0.4 is 16.2 Å². The number of nitrogens with zero attached hydrogens (tertiary/aromatic N) is 1. The number of rotatable bonds is 3. The lowest BCUT2D eigenvalue weighted by molar-refractivity contribution is -0.385. The number of hydrogen-bond donors (Lipinski definition) is 3. The summed E-state index contributed by atoms with van der Waals surface area (Å²) in [6, 6.07) is 7.34. The van der Waals surface area contributed by atoms with Crippen LogP contribution in [0.5, 0.6) is 0 Å². The standard InChI is InChI=1S/C14H12N4O4S2/c1-8-7-9(4-5-10(8)18(21)22)12(19)15-14(23)17-16-13(20)11-3-2-6-24-11/h2-7H,1H3,(H,16,20)(H2,15,17,19,23). The number of hydrogen-bond acceptors (Lipinski definition) is 6. The molecule has 24 heavy (non-hydrogen) atoms. The largest absolute Gasteiger partial charge is 0.298 e. The van der Waals surface area contributed by atoms with Crippen molar-refractivity contribution in [1.29, 1.82) is 0 Å². The molecule has 0 unspecified atom stereocenters. The first kappa shape index (κ1) is 17.5. The molecule has 0 bridgehead atoms. The predicted octanol–water partition coefficient (Wildman–Crippen LogP) is 1.91. The second-order valence-corrected chi connectivity index (χ2v) is 5.95. The van der Waals surface area contributed by atoms with Gasteiger partial charge in [0.1, 0.15) is 0 Å². The van der Waals surface area contributed by atoms with Crippen molar-refractivity contribution >= 4 is 46.2 Å².